The lowest BCUT2D eigenvalue weighted by Gasteiger charge is -2.24. The Bertz CT molecular complexity index is 930. The minimum Gasteiger partial charge on any atom is -0.497 e. The van der Waals surface area contributed by atoms with Crippen LogP contribution in [0.1, 0.15) is 25.6 Å². The molecule has 1 aromatic carbocycles. The number of methoxy groups -OCH3 is 2. The van der Waals surface area contributed by atoms with Crippen molar-refractivity contribution in [2.24, 2.45) is 0 Å². The smallest absolute Gasteiger partial charge is 0.262 e. The first kappa shape index (κ1) is 23.4. The zero-order chi connectivity index (χ0) is 21.9. The molecule has 0 amide bonds. The van der Waals surface area contributed by atoms with Gasteiger partial charge < -0.3 is 29.6 Å². The number of rotatable bonds is 12. The van der Waals surface area contributed by atoms with Crippen LogP contribution in [-0.4, -0.2) is 65.6 Å². The zero-order valence-corrected chi connectivity index (χ0v) is 17.9. The lowest BCUT2D eigenvalue weighted by atomic mass is 10.2. The molecule has 0 aliphatic heterocycles. The van der Waals surface area contributed by atoms with Gasteiger partial charge in [0, 0.05) is 37.3 Å². The van der Waals surface area contributed by atoms with Gasteiger partial charge in [0.15, 0.2) is 0 Å². The van der Waals surface area contributed by atoms with E-state index < -0.39 is 0 Å². The van der Waals surface area contributed by atoms with E-state index in [0.717, 1.165) is 18.5 Å². The van der Waals surface area contributed by atoms with E-state index in [-0.39, 0.29) is 18.8 Å². The van der Waals surface area contributed by atoms with Gasteiger partial charge in [-0.25, -0.2) is 4.98 Å². The van der Waals surface area contributed by atoms with Crippen molar-refractivity contribution in [3.8, 4) is 11.5 Å². The van der Waals surface area contributed by atoms with Gasteiger partial charge in [-0.2, -0.15) is 0 Å². The number of aliphatic hydroxyl groups excluding tert-OH is 2. The summed E-state index contributed by atoms with van der Waals surface area (Å²) in [5, 5.41) is 19.0. The minimum absolute atomic E-state index is 0.000516. The molecule has 8 nitrogen and oxygen atoms in total. The van der Waals surface area contributed by atoms with E-state index in [1.807, 2.05) is 17.1 Å². The van der Waals surface area contributed by atoms with Crippen molar-refractivity contribution in [1.82, 2.24) is 14.9 Å². The van der Waals surface area contributed by atoms with Gasteiger partial charge in [0.25, 0.3) is 5.56 Å². The quantitative estimate of drug-likeness (QED) is 0.453. The molecule has 2 aromatic rings. The Labute approximate surface area is 176 Å². The number of ether oxygens (including phenoxy) is 2. The highest BCUT2D eigenvalue weighted by Crippen LogP contribution is 2.27. The van der Waals surface area contributed by atoms with Gasteiger partial charge in [0.2, 0.25) is 0 Å². The second-order valence-electron chi connectivity index (χ2n) is 6.69. The topological polar surface area (TPSA) is 108 Å². The van der Waals surface area contributed by atoms with Gasteiger partial charge in [0.05, 0.1) is 33.0 Å². The van der Waals surface area contributed by atoms with Crippen LogP contribution in [0.2, 0.25) is 0 Å². The summed E-state index contributed by atoms with van der Waals surface area (Å²) in [7, 11) is 3.05. The van der Waals surface area contributed by atoms with E-state index in [1.165, 1.54) is 7.11 Å². The molecule has 3 N–H and O–H groups in total. The van der Waals surface area contributed by atoms with Gasteiger partial charge in [-0.05, 0) is 12.5 Å². The fourth-order valence-corrected chi connectivity index (χ4v) is 3.13. The molecule has 0 saturated carbocycles. The number of fused-ring (bicyclic) bond motifs is 1. The summed E-state index contributed by atoms with van der Waals surface area (Å²) in [6.45, 7) is 2.96. The monoisotopic (exact) mass is 417 g/mol. The third kappa shape index (κ3) is 6.08. The number of hydrogen-bond donors (Lipinski definition) is 3. The molecule has 0 aliphatic carbocycles. The molecule has 1 heterocycles. The Hall–Kier alpha value is -2.84. The molecule has 0 spiro atoms. The summed E-state index contributed by atoms with van der Waals surface area (Å²) in [6.07, 6.45) is 8.21. The number of unbranched alkanes of at least 4 members (excludes halogenated alkanes) is 1. The van der Waals surface area contributed by atoms with Crippen LogP contribution < -0.4 is 15.0 Å². The van der Waals surface area contributed by atoms with Gasteiger partial charge in [-0.3, -0.25) is 4.79 Å². The highest BCUT2D eigenvalue weighted by molar-refractivity contribution is 5.85. The van der Waals surface area contributed by atoms with Crippen LogP contribution in [0, 0.1) is 0 Å². The highest BCUT2D eigenvalue weighted by atomic mass is 16.5. The fourth-order valence-electron chi connectivity index (χ4n) is 3.13. The summed E-state index contributed by atoms with van der Waals surface area (Å²) in [5.41, 5.74) is 1.15. The molecule has 8 heteroatoms. The van der Waals surface area contributed by atoms with Gasteiger partial charge in [0.1, 0.15) is 22.7 Å². The Balaban J connectivity index is 2.31. The number of allylic oxidation sites excluding steroid dienone is 3. The van der Waals surface area contributed by atoms with Crippen LogP contribution in [0.15, 0.2) is 40.9 Å². The van der Waals surface area contributed by atoms with E-state index in [2.05, 4.69) is 23.0 Å². The van der Waals surface area contributed by atoms with Crippen molar-refractivity contribution < 1.29 is 19.7 Å². The molecule has 164 valence electrons. The largest absolute Gasteiger partial charge is 0.497 e. The molecular weight excluding hydrogens is 386 g/mol. The van der Waals surface area contributed by atoms with Crippen molar-refractivity contribution in [3.05, 3.63) is 52.2 Å². The van der Waals surface area contributed by atoms with Gasteiger partial charge >= 0.3 is 0 Å². The number of benzene rings is 1. The predicted molar refractivity (Wildman–Crippen MR) is 117 cm³/mol. The minimum atomic E-state index is -0.271. The Morgan fingerprint density at radius 2 is 1.93 bits per heavy atom. The van der Waals surface area contributed by atoms with Crippen LogP contribution in [0.4, 0.5) is 0 Å². The third-order valence-electron chi connectivity index (χ3n) is 4.60. The van der Waals surface area contributed by atoms with E-state index in [0.29, 0.717) is 47.7 Å². The number of hydrogen-bond acceptors (Lipinski definition) is 7. The van der Waals surface area contributed by atoms with Crippen LogP contribution in [0.5, 0.6) is 11.5 Å². The van der Waals surface area contributed by atoms with Crippen molar-refractivity contribution in [2.45, 2.75) is 26.2 Å². The summed E-state index contributed by atoms with van der Waals surface area (Å²) >= 11 is 0. The number of aromatic nitrogens is 2. The normalized spacial score (nSPS) is 12.0. The first-order valence-corrected chi connectivity index (χ1v) is 10.1. The molecule has 1 aromatic heterocycles. The number of aliphatic hydroxyl groups is 2. The van der Waals surface area contributed by atoms with Crippen LogP contribution in [0.25, 0.3) is 10.9 Å². The Morgan fingerprint density at radius 3 is 2.53 bits per heavy atom. The first-order valence-electron chi connectivity index (χ1n) is 10.1. The van der Waals surface area contributed by atoms with Crippen molar-refractivity contribution in [1.29, 1.82) is 0 Å². The lowest BCUT2D eigenvalue weighted by Crippen LogP contribution is -2.28. The van der Waals surface area contributed by atoms with Crippen LogP contribution >= 0.6 is 0 Å². The molecule has 0 aliphatic rings. The number of nitrogens with zero attached hydrogens (tertiary/aromatic N) is 2. The number of H-pyrrole nitrogens is 1. The molecule has 0 radical (unpaired) electrons. The molecule has 30 heavy (non-hydrogen) atoms. The van der Waals surface area contributed by atoms with E-state index in [9.17, 15) is 15.0 Å². The molecule has 0 bridgehead atoms. The molecule has 0 unspecified atom stereocenters. The molecule has 0 fully saturated rings. The number of aromatic amines is 1. The summed E-state index contributed by atoms with van der Waals surface area (Å²) in [6, 6.07) is 3.36. The van der Waals surface area contributed by atoms with Crippen molar-refractivity contribution >= 4 is 10.9 Å². The molecule has 2 rings (SSSR count). The van der Waals surface area contributed by atoms with Crippen molar-refractivity contribution in [2.75, 3.05) is 40.5 Å². The fraction of sp³-hybridized carbons (Fsp3) is 0.455. The summed E-state index contributed by atoms with van der Waals surface area (Å²) in [4.78, 5) is 21.9. The van der Waals surface area contributed by atoms with E-state index in [1.54, 1.807) is 19.2 Å². The van der Waals surface area contributed by atoms with Crippen LogP contribution in [-0.2, 0) is 6.42 Å². The Morgan fingerprint density at radius 1 is 1.20 bits per heavy atom. The predicted octanol–water partition coefficient (Wildman–Crippen LogP) is 2.01. The SMILES string of the molecule is CCC/C=C(\C=C/Cc1nc2cc(OC)cc(OC)c2c(=O)[nH]1)N(CCO)CCO. The molecular formula is C22H31N3O5. The second kappa shape index (κ2) is 12.0. The maximum absolute atomic E-state index is 12.6. The zero-order valence-electron chi connectivity index (χ0n) is 17.9. The Kier molecular flexibility index (Phi) is 9.37. The van der Waals surface area contributed by atoms with Crippen molar-refractivity contribution in [3.63, 3.8) is 0 Å². The third-order valence-corrected chi connectivity index (χ3v) is 4.60. The standard InChI is InChI=1S/C22H31N3O5/c1-4-5-7-16(25(10-12-26)11-13-27)8-6-9-20-23-18-14-17(29-2)15-19(30-3)21(18)22(28)24-20/h6-8,14-15,26-27H,4-5,9-13H2,1-3H3,(H,23,24,28)/b8-6-,16-7+. The van der Waals surface area contributed by atoms with E-state index >= 15 is 0 Å². The average molecular weight is 418 g/mol. The molecule has 0 saturated heterocycles. The van der Waals surface area contributed by atoms with E-state index in [4.69, 9.17) is 9.47 Å². The highest BCUT2D eigenvalue weighted by Gasteiger charge is 2.12. The first-order chi connectivity index (χ1) is 14.6. The summed E-state index contributed by atoms with van der Waals surface area (Å²) < 4.78 is 10.6. The van der Waals surface area contributed by atoms with Crippen LogP contribution in [0.3, 0.4) is 0 Å². The number of nitrogens with one attached hydrogen (secondary N) is 1. The molecule has 0 atom stereocenters. The maximum Gasteiger partial charge on any atom is 0.262 e. The van der Waals surface area contributed by atoms with Gasteiger partial charge in [-0.1, -0.05) is 25.5 Å². The average Bonchev–Trinajstić information content (AvgIpc) is 2.75. The second-order valence-corrected chi connectivity index (χ2v) is 6.69. The summed E-state index contributed by atoms with van der Waals surface area (Å²) in [5.74, 6) is 1.49. The maximum atomic E-state index is 12.6. The lowest BCUT2D eigenvalue weighted by molar-refractivity contribution is 0.191. The van der Waals surface area contributed by atoms with Gasteiger partial charge in [-0.15, -0.1) is 0 Å².